The number of imidazole rings is 1. The van der Waals surface area contributed by atoms with Crippen molar-refractivity contribution in [2.75, 3.05) is 20.7 Å². The number of pyridine rings is 2. The van der Waals surface area contributed by atoms with Gasteiger partial charge in [-0.15, -0.1) is 0 Å². The van der Waals surface area contributed by atoms with Crippen molar-refractivity contribution in [2.24, 2.45) is 0 Å². The fourth-order valence-corrected chi connectivity index (χ4v) is 5.45. The van der Waals surface area contributed by atoms with E-state index >= 15 is 0 Å². The molecule has 1 amide bonds. The maximum atomic E-state index is 13.5. The predicted octanol–water partition coefficient (Wildman–Crippen LogP) is 6.04. The summed E-state index contributed by atoms with van der Waals surface area (Å²) in [6.07, 6.45) is 2.27. The van der Waals surface area contributed by atoms with Crippen molar-refractivity contribution >= 4 is 23.5 Å². The number of alkyl halides is 2. The summed E-state index contributed by atoms with van der Waals surface area (Å²) < 4.78 is 44.9. The molecule has 1 aromatic carbocycles. The van der Waals surface area contributed by atoms with Crippen molar-refractivity contribution in [3.05, 3.63) is 59.7 Å². The minimum Gasteiger partial charge on any atom is -0.489 e. The Morgan fingerprint density at radius 2 is 1.98 bits per heavy atom. The van der Waals surface area contributed by atoms with Crippen molar-refractivity contribution in [1.82, 2.24) is 29.7 Å². The standard InChI is InChI=1S/C32H36F2N6O5/c1-8-22(39(6)7)28-37-21-13-12-20(36-27(21)40(28)25-18(16-41)10-9-11-23(25)44-29(33)34)19-14-24-26(35-15-19)32(5,17-43-24)38-30(42)45-31(2,3)4/h9-16,22,29H,8,17H2,1-7H3,(H,38,42). The number of para-hydroxylation sites is 1. The first-order chi connectivity index (χ1) is 21.2. The van der Waals surface area contributed by atoms with E-state index in [4.69, 9.17) is 24.2 Å². The number of carbonyl (C=O) groups excluding carboxylic acids is 2. The molecule has 0 bridgehead atoms. The summed E-state index contributed by atoms with van der Waals surface area (Å²) in [5.41, 5.74) is 1.16. The third-order valence-corrected chi connectivity index (χ3v) is 7.40. The molecule has 1 aliphatic heterocycles. The van der Waals surface area contributed by atoms with Gasteiger partial charge >= 0.3 is 12.7 Å². The molecule has 238 valence electrons. The van der Waals surface area contributed by atoms with Gasteiger partial charge in [0.15, 0.2) is 17.7 Å². The zero-order valence-electron chi connectivity index (χ0n) is 26.2. The molecule has 1 N–H and O–H groups in total. The van der Waals surface area contributed by atoms with Gasteiger partial charge in [0, 0.05) is 17.3 Å². The molecule has 45 heavy (non-hydrogen) atoms. The molecular weight excluding hydrogens is 586 g/mol. The van der Waals surface area contributed by atoms with Crippen LogP contribution in [0.3, 0.4) is 0 Å². The maximum absolute atomic E-state index is 13.5. The minimum absolute atomic E-state index is 0.120. The molecule has 2 unspecified atom stereocenters. The largest absolute Gasteiger partial charge is 0.489 e. The Bertz CT molecular complexity index is 1750. The highest BCUT2D eigenvalue weighted by molar-refractivity contribution is 5.87. The molecule has 4 heterocycles. The topological polar surface area (TPSA) is 121 Å². The third-order valence-electron chi connectivity index (χ3n) is 7.40. The number of halogens is 2. The first kappa shape index (κ1) is 31.8. The number of carbonyl (C=O) groups is 2. The number of hydrogen-bond acceptors (Lipinski definition) is 9. The van der Waals surface area contributed by atoms with Crippen LogP contribution in [0, 0.1) is 0 Å². The lowest BCUT2D eigenvalue weighted by Gasteiger charge is -2.26. The van der Waals surface area contributed by atoms with Crippen LogP contribution in [0.25, 0.3) is 28.1 Å². The maximum Gasteiger partial charge on any atom is 0.408 e. The second-order valence-corrected chi connectivity index (χ2v) is 12.2. The number of rotatable bonds is 9. The molecule has 1 aliphatic rings. The van der Waals surface area contributed by atoms with Crippen LogP contribution < -0.4 is 14.8 Å². The Labute approximate surface area is 259 Å². The lowest BCUT2D eigenvalue weighted by atomic mass is 9.99. The minimum atomic E-state index is -3.11. The monoisotopic (exact) mass is 622 g/mol. The third kappa shape index (κ3) is 6.30. The zero-order chi connectivity index (χ0) is 32.7. The van der Waals surface area contributed by atoms with Gasteiger partial charge in [-0.3, -0.25) is 19.2 Å². The second-order valence-electron chi connectivity index (χ2n) is 12.2. The molecule has 13 heteroatoms. The summed E-state index contributed by atoms with van der Waals surface area (Å²) in [4.78, 5) is 41.1. The lowest BCUT2D eigenvalue weighted by Crippen LogP contribution is -2.47. The van der Waals surface area contributed by atoms with E-state index in [-0.39, 0.29) is 29.6 Å². The smallest absolute Gasteiger partial charge is 0.408 e. The zero-order valence-corrected chi connectivity index (χ0v) is 26.2. The van der Waals surface area contributed by atoms with Crippen LogP contribution in [0.5, 0.6) is 11.5 Å². The number of nitrogens with one attached hydrogen (secondary N) is 1. The van der Waals surface area contributed by atoms with E-state index in [1.54, 1.807) is 56.7 Å². The van der Waals surface area contributed by atoms with E-state index in [1.807, 2.05) is 25.9 Å². The summed E-state index contributed by atoms with van der Waals surface area (Å²) in [5.74, 6) is 0.801. The molecule has 4 aromatic rings. The number of aromatic nitrogens is 4. The Morgan fingerprint density at radius 3 is 2.62 bits per heavy atom. The number of ether oxygens (including phenoxy) is 3. The molecule has 11 nitrogen and oxygen atoms in total. The summed E-state index contributed by atoms with van der Waals surface area (Å²) in [6.45, 7) is 6.17. The van der Waals surface area contributed by atoms with Gasteiger partial charge in [-0.2, -0.15) is 8.78 Å². The van der Waals surface area contributed by atoms with E-state index in [0.717, 1.165) is 0 Å². The molecule has 5 rings (SSSR count). The fraction of sp³-hybridized carbons (Fsp3) is 0.406. The van der Waals surface area contributed by atoms with Crippen molar-refractivity contribution in [1.29, 1.82) is 0 Å². The molecule has 3 aromatic heterocycles. The number of amides is 1. The normalized spacial score (nSPS) is 16.9. The summed E-state index contributed by atoms with van der Waals surface area (Å²) in [5, 5.41) is 2.86. The van der Waals surface area contributed by atoms with Crippen molar-refractivity contribution in [3.8, 4) is 28.4 Å². The van der Waals surface area contributed by atoms with E-state index in [0.29, 0.717) is 52.4 Å². The van der Waals surface area contributed by atoms with Gasteiger partial charge in [-0.1, -0.05) is 13.0 Å². The van der Waals surface area contributed by atoms with E-state index < -0.39 is 23.8 Å². The molecule has 0 aliphatic carbocycles. The average molecular weight is 623 g/mol. The molecule has 0 fully saturated rings. The van der Waals surface area contributed by atoms with Crippen molar-refractivity contribution < 1.29 is 32.6 Å². The van der Waals surface area contributed by atoms with Crippen LogP contribution in [-0.4, -0.2) is 69.7 Å². The second kappa shape index (κ2) is 12.0. The van der Waals surface area contributed by atoms with Gasteiger partial charge in [0.2, 0.25) is 0 Å². The summed E-state index contributed by atoms with van der Waals surface area (Å²) >= 11 is 0. The SMILES string of the molecule is CCC(c1nc2ccc(-c3cnc4c(c3)OCC4(C)NC(=O)OC(C)(C)C)nc2n1-c1c(C=O)cccc1OC(F)F)N(C)C. The fourth-order valence-electron chi connectivity index (χ4n) is 5.45. The first-order valence-corrected chi connectivity index (χ1v) is 14.5. The molecule has 2 atom stereocenters. The highest BCUT2D eigenvalue weighted by atomic mass is 19.3. The molecule has 0 radical (unpaired) electrons. The Balaban J connectivity index is 1.64. The van der Waals surface area contributed by atoms with E-state index in [1.165, 1.54) is 18.2 Å². The number of nitrogens with zero attached hydrogens (tertiary/aromatic N) is 5. The number of fused-ring (bicyclic) bond motifs is 2. The van der Waals surface area contributed by atoms with Crippen LogP contribution in [-0.2, 0) is 10.3 Å². The van der Waals surface area contributed by atoms with Gasteiger partial charge in [0.25, 0.3) is 0 Å². The predicted molar refractivity (Wildman–Crippen MR) is 163 cm³/mol. The highest BCUT2D eigenvalue weighted by Gasteiger charge is 2.41. The van der Waals surface area contributed by atoms with E-state index in [2.05, 4.69) is 10.3 Å². The number of hydrogen-bond donors (Lipinski definition) is 1. The van der Waals surface area contributed by atoms with Gasteiger partial charge in [0.05, 0.1) is 11.7 Å². The Kier molecular flexibility index (Phi) is 8.49. The number of aldehydes is 1. The van der Waals surface area contributed by atoms with Gasteiger partial charge < -0.3 is 19.5 Å². The van der Waals surface area contributed by atoms with Crippen LogP contribution in [0.15, 0.2) is 42.6 Å². The van der Waals surface area contributed by atoms with Crippen LogP contribution in [0.2, 0.25) is 0 Å². The number of benzene rings is 1. The van der Waals surface area contributed by atoms with Crippen LogP contribution in [0.4, 0.5) is 13.6 Å². The van der Waals surface area contributed by atoms with Crippen LogP contribution in [0.1, 0.15) is 69.0 Å². The Morgan fingerprint density at radius 1 is 1.22 bits per heavy atom. The molecular formula is C32H36F2N6O5. The van der Waals surface area contributed by atoms with Gasteiger partial charge in [0.1, 0.15) is 46.2 Å². The lowest BCUT2D eigenvalue weighted by molar-refractivity contribution is -0.0499. The van der Waals surface area contributed by atoms with E-state index in [9.17, 15) is 18.4 Å². The number of alkyl carbamates (subject to hydrolysis) is 1. The quantitative estimate of drug-likeness (QED) is 0.223. The highest BCUT2D eigenvalue weighted by Crippen LogP contribution is 2.39. The van der Waals surface area contributed by atoms with Gasteiger partial charge in [-0.25, -0.2) is 14.8 Å². The first-order valence-electron chi connectivity index (χ1n) is 14.5. The van der Waals surface area contributed by atoms with Crippen molar-refractivity contribution in [2.45, 2.75) is 64.8 Å². The van der Waals surface area contributed by atoms with Crippen molar-refractivity contribution in [3.63, 3.8) is 0 Å². The molecule has 0 spiro atoms. The average Bonchev–Trinajstić information content (AvgIpc) is 3.48. The Hall–Kier alpha value is -4.65. The van der Waals surface area contributed by atoms with Gasteiger partial charge in [-0.05, 0) is 78.5 Å². The summed E-state index contributed by atoms with van der Waals surface area (Å²) in [6, 6.07) is 9.48. The van der Waals surface area contributed by atoms with Crippen LogP contribution >= 0.6 is 0 Å². The summed E-state index contributed by atoms with van der Waals surface area (Å²) in [7, 11) is 3.78. The molecule has 0 saturated heterocycles. The molecule has 0 saturated carbocycles.